The van der Waals surface area contributed by atoms with Gasteiger partial charge in [0.05, 0.1) is 23.1 Å². The summed E-state index contributed by atoms with van der Waals surface area (Å²) >= 11 is 0. The van der Waals surface area contributed by atoms with Crippen LogP contribution in [-0.2, 0) is 16.6 Å². The molecule has 0 bridgehead atoms. The number of aliphatic hydroxyl groups is 1. The summed E-state index contributed by atoms with van der Waals surface area (Å²) in [5, 5.41) is 15.1. The zero-order chi connectivity index (χ0) is 17.6. The molecule has 1 N–H and O–H groups in total. The van der Waals surface area contributed by atoms with Crippen molar-refractivity contribution in [2.45, 2.75) is 26.8 Å². The lowest BCUT2D eigenvalue weighted by Crippen LogP contribution is -2.29. The lowest BCUT2D eigenvalue weighted by atomic mass is 9.98. The van der Waals surface area contributed by atoms with Gasteiger partial charge >= 0.3 is 0 Å². The molecular formula is C17H19N3O4. The normalized spacial score (nSPS) is 20.2. The third kappa shape index (κ3) is 2.16. The van der Waals surface area contributed by atoms with Crippen LogP contribution in [0.1, 0.15) is 35.7 Å². The van der Waals surface area contributed by atoms with Crippen LogP contribution in [0.15, 0.2) is 28.4 Å². The molecule has 1 atom stereocenters. The number of carbonyl (C=O) groups is 2. The Morgan fingerprint density at radius 2 is 2.08 bits per heavy atom. The monoisotopic (exact) mass is 329 g/mol. The number of aliphatic hydroxyl groups excluding tert-OH is 1. The van der Waals surface area contributed by atoms with Crippen molar-refractivity contribution in [3.8, 4) is 0 Å². The number of likely N-dealkylation sites (tertiary alicyclic amines) is 1. The van der Waals surface area contributed by atoms with Crippen LogP contribution in [0, 0.1) is 13.8 Å². The standard InChI is InChI=1S/C17H19N3O4/c1-5-20-14(11-7-6-8-24-11)13(16(22)17(20)23)15(21)12-9(2)18-19(4)10(12)3/h6-8,14,21H,5H2,1-4H3/b15-13+. The van der Waals surface area contributed by atoms with Crippen LogP contribution in [0.4, 0.5) is 0 Å². The number of likely N-dealkylation sites (N-methyl/N-ethyl adjacent to an activating group) is 1. The van der Waals surface area contributed by atoms with Gasteiger partial charge in [-0.05, 0) is 32.9 Å². The quantitative estimate of drug-likeness (QED) is 0.529. The summed E-state index contributed by atoms with van der Waals surface area (Å²) in [5.41, 5.74) is 1.82. The van der Waals surface area contributed by atoms with E-state index in [0.29, 0.717) is 29.3 Å². The highest BCUT2D eigenvalue weighted by Gasteiger charge is 2.47. The number of aromatic nitrogens is 2. The molecule has 1 fully saturated rings. The van der Waals surface area contributed by atoms with Gasteiger partial charge in [-0.1, -0.05) is 0 Å². The van der Waals surface area contributed by atoms with E-state index in [1.54, 1.807) is 44.6 Å². The van der Waals surface area contributed by atoms with E-state index in [4.69, 9.17) is 4.42 Å². The van der Waals surface area contributed by atoms with Crippen molar-refractivity contribution in [1.29, 1.82) is 0 Å². The summed E-state index contributed by atoms with van der Waals surface area (Å²) < 4.78 is 7.04. The molecule has 2 aromatic heterocycles. The zero-order valence-electron chi connectivity index (χ0n) is 14.0. The number of furan rings is 1. The number of carbonyl (C=O) groups excluding carboxylic acids is 2. The third-order valence-corrected chi connectivity index (χ3v) is 4.44. The summed E-state index contributed by atoms with van der Waals surface area (Å²) in [5.74, 6) is -1.12. The minimum Gasteiger partial charge on any atom is -0.507 e. The Morgan fingerprint density at radius 1 is 1.38 bits per heavy atom. The first kappa shape index (κ1) is 16.0. The Labute approximate surface area is 139 Å². The van der Waals surface area contributed by atoms with Crippen LogP contribution in [0.5, 0.6) is 0 Å². The maximum absolute atomic E-state index is 12.5. The van der Waals surface area contributed by atoms with E-state index in [2.05, 4.69) is 5.10 Å². The lowest BCUT2D eigenvalue weighted by molar-refractivity contribution is -0.139. The van der Waals surface area contributed by atoms with Gasteiger partial charge in [-0.3, -0.25) is 14.3 Å². The van der Waals surface area contributed by atoms with E-state index < -0.39 is 17.7 Å². The fourth-order valence-corrected chi connectivity index (χ4v) is 3.20. The predicted molar refractivity (Wildman–Crippen MR) is 86.1 cm³/mol. The topological polar surface area (TPSA) is 88.6 Å². The molecular weight excluding hydrogens is 310 g/mol. The van der Waals surface area contributed by atoms with Crippen LogP contribution in [-0.4, -0.2) is 38.0 Å². The van der Waals surface area contributed by atoms with Gasteiger partial charge in [-0.15, -0.1) is 0 Å². The molecule has 1 unspecified atom stereocenters. The van der Waals surface area contributed by atoms with Crippen molar-refractivity contribution in [3.63, 3.8) is 0 Å². The molecule has 1 amide bonds. The first-order valence-electron chi connectivity index (χ1n) is 7.70. The second-order valence-corrected chi connectivity index (χ2v) is 5.77. The molecule has 0 aliphatic carbocycles. The molecule has 1 saturated heterocycles. The van der Waals surface area contributed by atoms with Crippen LogP contribution in [0.25, 0.3) is 5.76 Å². The van der Waals surface area contributed by atoms with Gasteiger partial charge in [0, 0.05) is 19.3 Å². The van der Waals surface area contributed by atoms with Gasteiger partial charge in [0.1, 0.15) is 17.6 Å². The van der Waals surface area contributed by atoms with E-state index in [0.717, 1.165) is 0 Å². The molecule has 7 heteroatoms. The van der Waals surface area contributed by atoms with Gasteiger partial charge in [-0.2, -0.15) is 5.10 Å². The maximum Gasteiger partial charge on any atom is 0.295 e. The second kappa shape index (κ2) is 5.67. The van der Waals surface area contributed by atoms with Crippen molar-refractivity contribution >= 4 is 17.4 Å². The molecule has 1 aliphatic rings. The molecule has 7 nitrogen and oxygen atoms in total. The first-order valence-corrected chi connectivity index (χ1v) is 7.70. The number of nitrogens with zero attached hydrogens (tertiary/aromatic N) is 3. The number of ketones is 1. The predicted octanol–water partition coefficient (Wildman–Crippen LogP) is 2.07. The molecule has 0 saturated carbocycles. The van der Waals surface area contributed by atoms with E-state index in [1.807, 2.05) is 0 Å². The number of hydrogen-bond donors (Lipinski definition) is 1. The van der Waals surface area contributed by atoms with Gasteiger partial charge in [0.2, 0.25) is 0 Å². The van der Waals surface area contributed by atoms with Crippen LogP contribution < -0.4 is 0 Å². The average molecular weight is 329 g/mol. The Kier molecular flexibility index (Phi) is 3.79. The number of Topliss-reactive ketones (excluding diaryl/α,β-unsaturated/α-hetero) is 1. The van der Waals surface area contributed by atoms with Gasteiger partial charge in [0.25, 0.3) is 11.7 Å². The molecule has 126 valence electrons. The molecule has 0 aromatic carbocycles. The fraction of sp³-hybridized carbons (Fsp3) is 0.353. The highest BCUT2D eigenvalue weighted by molar-refractivity contribution is 6.46. The van der Waals surface area contributed by atoms with Crippen molar-refractivity contribution in [2.24, 2.45) is 7.05 Å². The Bertz CT molecular complexity index is 846. The number of rotatable bonds is 3. The lowest BCUT2D eigenvalue weighted by Gasteiger charge is -2.21. The molecule has 0 radical (unpaired) electrons. The molecule has 0 spiro atoms. The van der Waals surface area contributed by atoms with E-state index in [1.165, 1.54) is 11.2 Å². The van der Waals surface area contributed by atoms with Crippen molar-refractivity contribution < 1.29 is 19.1 Å². The first-order chi connectivity index (χ1) is 11.4. The highest BCUT2D eigenvalue weighted by atomic mass is 16.3. The maximum atomic E-state index is 12.5. The summed E-state index contributed by atoms with van der Waals surface area (Å²) in [4.78, 5) is 26.3. The average Bonchev–Trinajstić information content (AvgIpc) is 3.20. The zero-order valence-corrected chi connectivity index (χ0v) is 14.0. The van der Waals surface area contributed by atoms with Crippen LogP contribution in [0.2, 0.25) is 0 Å². The van der Waals surface area contributed by atoms with Crippen molar-refractivity contribution in [1.82, 2.24) is 14.7 Å². The minimum absolute atomic E-state index is 0.0380. The Balaban J connectivity index is 2.26. The number of aryl methyl sites for hydroxylation is 2. The summed E-state index contributed by atoms with van der Waals surface area (Å²) in [6.45, 7) is 5.66. The van der Waals surface area contributed by atoms with Crippen molar-refractivity contribution in [2.75, 3.05) is 6.54 Å². The van der Waals surface area contributed by atoms with Crippen LogP contribution >= 0.6 is 0 Å². The van der Waals surface area contributed by atoms with Crippen molar-refractivity contribution in [3.05, 3.63) is 46.7 Å². The fourth-order valence-electron chi connectivity index (χ4n) is 3.20. The van der Waals surface area contributed by atoms with Gasteiger partial charge in [-0.25, -0.2) is 0 Å². The largest absolute Gasteiger partial charge is 0.507 e. The van der Waals surface area contributed by atoms with E-state index >= 15 is 0 Å². The Hall–Kier alpha value is -2.83. The second-order valence-electron chi connectivity index (χ2n) is 5.77. The van der Waals surface area contributed by atoms with Crippen LogP contribution in [0.3, 0.4) is 0 Å². The SMILES string of the molecule is CCN1C(=O)C(=O)/C(=C(/O)c2c(C)nn(C)c2C)C1c1ccco1. The minimum atomic E-state index is -0.732. The molecule has 3 heterocycles. The molecule has 1 aliphatic heterocycles. The smallest absolute Gasteiger partial charge is 0.295 e. The van der Waals surface area contributed by atoms with Gasteiger partial charge in [0.15, 0.2) is 0 Å². The van der Waals surface area contributed by atoms with Gasteiger partial charge < -0.3 is 14.4 Å². The number of amides is 1. The highest BCUT2D eigenvalue weighted by Crippen LogP contribution is 2.40. The number of hydrogen-bond acceptors (Lipinski definition) is 5. The third-order valence-electron chi connectivity index (χ3n) is 4.44. The molecule has 3 rings (SSSR count). The summed E-state index contributed by atoms with van der Waals surface area (Å²) in [6.07, 6.45) is 1.48. The molecule has 2 aromatic rings. The van der Waals surface area contributed by atoms with E-state index in [9.17, 15) is 14.7 Å². The summed E-state index contributed by atoms with van der Waals surface area (Å²) in [7, 11) is 1.76. The summed E-state index contributed by atoms with van der Waals surface area (Å²) in [6, 6.07) is 2.64. The Morgan fingerprint density at radius 3 is 2.58 bits per heavy atom. The molecule has 24 heavy (non-hydrogen) atoms. The van der Waals surface area contributed by atoms with E-state index in [-0.39, 0.29) is 11.3 Å².